The van der Waals surface area contributed by atoms with Gasteiger partial charge in [0.25, 0.3) is 0 Å². The first-order valence-corrected chi connectivity index (χ1v) is 8.86. The van der Waals surface area contributed by atoms with Crippen molar-refractivity contribution in [3.63, 3.8) is 0 Å². The molecule has 1 aliphatic heterocycles. The normalized spacial score (nSPS) is 16.0. The average Bonchev–Trinajstić information content (AvgIpc) is 3.15. The van der Waals surface area contributed by atoms with Gasteiger partial charge < -0.3 is 4.74 Å². The molecule has 24 heavy (non-hydrogen) atoms. The quantitative estimate of drug-likeness (QED) is 0.553. The van der Waals surface area contributed by atoms with E-state index >= 15 is 0 Å². The lowest BCUT2D eigenvalue weighted by molar-refractivity contribution is 0.0987. The second-order valence-electron chi connectivity index (χ2n) is 6.06. The van der Waals surface area contributed by atoms with Crippen molar-refractivity contribution in [2.24, 2.45) is 0 Å². The van der Waals surface area contributed by atoms with Gasteiger partial charge in [-0.2, -0.15) is 0 Å². The van der Waals surface area contributed by atoms with Gasteiger partial charge in [0.2, 0.25) is 0 Å². The summed E-state index contributed by atoms with van der Waals surface area (Å²) in [5, 5.41) is -0.659. The molecule has 0 saturated carbocycles. The van der Waals surface area contributed by atoms with Crippen molar-refractivity contribution >= 4 is 17.4 Å². The summed E-state index contributed by atoms with van der Waals surface area (Å²) < 4.78 is 5.76. The van der Waals surface area contributed by atoms with Gasteiger partial charge in [0.15, 0.2) is 5.78 Å². The van der Waals surface area contributed by atoms with Gasteiger partial charge in [-0.15, -0.1) is 11.6 Å². The van der Waals surface area contributed by atoms with E-state index in [2.05, 4.69) is 4.90 Å². The van der Waals surface area contributed by atoms with Gasteiger partial charge in [-0.25, -0.2) is 0 Å². The lowest BCUT2D eigenvalue weighted by atomic mass is 10.0. The van der Waals surface area contributed by atoms with E-state index in [9.17, 15) is 4.79 Å². The summed E-state index contributed by atoms with van der Waals surface area (Å²) in [6, 6.07) is 16.7. The highest BCUT2D eigenvalue weighted by atomic mass is 35.5. The van der Waals surface area contributed by atoms with Crippen LogP contribution in [0.5, 0.6) is 5.75 Å². The Morgan fingerprint density at radius 1 is 1.04 bits per heavy atom. The van der Waals surface area contributed by atoms with E-state index in [1.807, 2.05) is 42.5 Å². The molecular weight excluding hydrogens is 322 g/mol. The summed E-state index contributed by atoms with van der Waals surface area (Å²) in [5.74, 6) is 0.697. The Balaban J connectivity index is 1.54. The molecule has 0 radical (unpaired) electrons. The van der Waals surface area contributed by atoms with Gasteiger partial charge in [0, 0.05) is 12.1 Å². The first kappa shape index (κ1) is 17.0. The maximum Gasteiger partial charge on any atom is 0.185 e. The van der Waals surface area contributed by atoms with E-state index in [-0.39, 0.29) is 5.78 Å². The van der Waals surface area contributed by atoms with Crippen LogP contribution in [-0.2, 0) is 0 Å². The average molecular weight is 344 g/mol. The van der Waals surface area contributed by atoms with Gasteiger partial charge in [0.1, 0.15) is 17.7 Å². The lowest BCUT2D eigenvalue weighted by Gasteiger charge is -2.15. The Bertz CT molecular complexity index is 651. The SMILES string of the molecule is O=C(c1ccc(OCCN2CCCC2)cc1)C(Cl)c1ccccc1. The summed E-state index contributed by atoms with van der Waals surface area (Å²) in [6.45, 7) is 3.98. The van der Waals surface area contributed by atoms with Gasteiger partial charge in [-0.05, 0) is 55.8 Å². The van der Waals surface area contributed by atoms with E-state index in [0.29, 0.717) is 12.2 Å². The molecule has 0 spiro atoms. The molecule has 0 amide bonds. The van der Waals surface area contributed by atoms with Crippen LogP contribution in [0.15, 0.2) is 54.6 Å². The molecule has 2 aromatic carbocycles. The Labute approximate surface area is 148 Å². The van der Waals surface area contributed by atoms with Gasteiger partial charge in [0.05, 0.1) is 0 Å². The summed E-state index contributed by atoms with van der Waals surface area (Å²) in [5.41, 5.74) is 1.42. The molecule has 3 nitrogen and oxygen atoms in total. The third-order valence-electron chi connectivity index (χ3n) is 4.34. The highest BCUT2D eigenvalue weighted by molar-refractivity contribution is 6.33. The summed E-state index contributed by atoms with van der Waals surface area (Å²) in [4.78, 5) is 14.9. The van der Waals surface area contributed by atoms with Crippen molar-refractivity contribution in [2.45, 2.75) is 18.2 Å². The molecule has 1 unspecified atom stereocenters. The van der Waals surface area contributed by atoms with Crippen molar-refractivity contribution in [2.75, 3.05) is 26.2 Å². The highest BCUT2D eigenvalue weighted by Crippen LogP contribution is 2.25. The summed E-state index contributed by atoms with van der Waals surface area (Å²) in [6.07, 6.45) is 2.58. The number of hydrogen-bond acceptors (Lipinski definition) is 3. The van der Waals surface area contributed by atoms with Gasteiger partial charge in [-0.3, -0.25) is 9.69 Å². The number of ketones is 1. The van der Waals surface area contributed by atoms with E-state index in [1.54, 1.807) is 12.1 Å². The first-order chi connectivity index (χ1) is 11.7. The van der Waals surface area contributed by atoms with Crippen molar-refractivity contribution in [1.29, 1.82) is 0 Å². The van der Waals surface area contributed by atoms with Crippen LogP contribution < -0.4 is 4.74 Å². The van der Waals surface area contributed by atoms with E-state index in [4.69, 9.17) is 16.3 Å². The molecular formula is C20H22ClNO2. The Morgan fingerprint density at radius 2 is 1.71 bits per heavy atom. The zero-order valence-electron chi connectivity index (χ0n) is 13.7. The number of carbonyl (C=O) groups is 1. The second-order valence-corrected chi connectivity index (χ2v) is 6.50. The van der Waals surface area contributed by atoms with Crippen LogP contribution in [0.1, 0.15) is 34.1 Å². The number of benzene rings is 2. The van der Waals surface area contributed by atoms with Crippen molar-refractivity contribution in [1.82, 2.24) is 4.90 Å². The number of likely N-dealkylation sites (tertiary alicyclic amines) is 1. The number of alkyl halides is 1. The predicted octanol–water partition coefficient (Wildman–Crippen LogP) is 4.32. The maximum absolute atomic E-state index is 12.5. The van der Waals surface area contributed by atoms with E-state index in [1.165, 1.54) is 25.9 Å². The summed E-state index contributed by atoms with van der Waals surface area (Å²) >= 11 is 6.30. The molecule has 1 saturated heterocycles. The zero-order valence-corrected chi connectivity index (χ0v) is 14.4. The molecule has 3 rings (SSSR count). The number of ether oxygens (including phenoxy) is 1. The minimum absolute atomic E-state index is 0.0912. The Morgan fingerprint density at radius 3 is 2.38 bits per heavy atom. The van der Waals surface area contributed by atoms with Crippen molar-refractivity contribution < 1.29 is 9.53 Å². The maximum atomic E-state index is 12.5. The fourth-order valence-corrected chi connectivity index (χ4v) is 3.21. The minimum Gasteiger partial charge on any atom is -0.492 e. The Hall–Kier alpha value is -1.84. The Kier molecular flexibility index (Phi) is 5.89. The molecule has 1 atom stereocenters. The molecule has 4 heteroatoms. The van der Waals surface area contributed by atoms with E-state index in [0.717, 1.165) is 17.9 Å². The molecule has 1 fully saturated rings. The molecule has 0 aromatic heterocycles. The number of carbonyl (C=O) groups excluding carboxylic acids is 1. The largest absolute Gasteiger partial charge is 0.492 e. The van der Waals surface area contributed by atoms with Crippen LogP contribution in [0.4, 0.5) is 0 Å². The third-order valence-corrected chi connectivity index (χ3v) is 4.79. The smallest absolute Gasteiger partial charge is 0.185 e. The predicted molar refractivity (Wildman–Crippen MR) is 97.0 cm³/mol. The van der Waals surface area contributed by atoms with Crippen LogP contribution in [0.2, 0.25) is 0 Å². The number of halogens is 1. The van der Waals surface area contributed by atoms with Gasteiger partial charge in [-0.1, -0.05) is 30.3 Å². The lowest BCUT2D eigenvalue weighted by Crippen LogP contribution is -2.25. The van der Waals surface area contributed by atoms with Crippen molar-refractivity contribution in [3.8, 4) is 5.75 Å². The van der Waals surface area contributed by atoms with Crippen molar-refractivity contribution in [3.05, 3.63) is 65.7 Å². The fourth-order valence-electron chi connectivity index (χ4n) is 2.93. The molecule has 1 aliphatic rings. The standard InChI is InChI=1S/C20H22ClNO2/c21-19(16-6-2-1-3-7-16)20(23)17-8-10-18(11-9-17)24-15-14-22-12-4-5-13-22/h1-3,6-11,19H,4-5,12-15H2. The van der Waals surface area contributed by atoms with Crippen LogP contribution in [-0.4, -0.2) is 36.9 Å². The van der Waals surface area contributed by atoms with E-state index < -0.39 is 5.38 Å². The monoisotopic (exact) mass is 343 g/mol. The van der Waals surface area contributed by atoms with Crippen LogP contribution in [0, 0.1) is 0 Å². The van der Waals surface area contributed by atoms with Crippen LogP contribution in [0.25, 0.3) is 0 Å². The molecule has 0 N–H and O–H groups in total. The molecule has 0 aliphatic carbocycles. The molecule has 2 aromatic rings. The van der Waals surface area contributed by atoms with Crippen LogP contribution >= 0.6 is 11.6 Å². The second kappa shape index (κ2) is 8.32. The van der Waals surface area contributed by atoms with Gasteiger partial charge >= 0.3 is 0 Å². The first-order valence-electron chi connectivity index (χ1n) is 8.42. The number of Topliss-reactive ketones (excluding diaryl/α,β-unsaturated/α-hetero) is 1. The highest BCUT2D eigenvalue weighted by Gasteiger charge is 2.19. The molecule has 126 valence electrons. The molecule has 1 heterocycles. The zero-order chi connectivity index (χ0) is 16.8. The summed E-state index contributed by atoms with van der Waals surface area (Å²) in [7, 11) is 0. The number of rotatable bonds is 7. The fraction of sp³-hybridized carbons (Fsp3) is 0.350. The molecule has 0 bridgehead atoms. The number of nitrogens with zero attached hydrogens (tertiary/aromatic N) is 1. The number of hydrogen-bond donors (Lipinski definition) is 0. The minimum atomic E-state index is -0.659. The topological polar surface area (TPSA) is 29.5 Å². The van der Waals surface area contributed by atoms with Crippen LogP contribution in [0.3, 0.4) is 0 Å². The third kappa shape index (κ3) is 4.37.